The van der Waals surface area contributed by atoms with Gasteiger partial charge in [-0.25, -0.2) is 4.39 Å². The van der Waals surface area contributed by atoms with Gasteiger partial charge in [0.05, 0.1) is 22.9 Å². The van der Waals surface area contributed by atoms with Crippen LogP contribution in [0.1, 0.15) is 51.1 Å². The van der Waals surface area contributed by atoms with Gasteiger partial charge in [-0.15, -0.1) is 0 Å². The van der Waals surface area contributed by atoms with E-state index in [9.17, 15) is 18.8 Å². The Hall–Kier alpha value is -1.66. The van der Waals surface area contributed by atoms with Crippen LogP contribution in [-0.4, -0.2) is 28.7 Å². The van der Waals surface area contributed by atoms with E-state index in [1.807, 2.05) is 0 Å². The third-order valence-corrected chi connectivity index (χ3v) is 6.12. The average molecular weight is 415 g/mol. The molecule has 1 saturated heterocycles. The maximum absolute atomic E-state index is 13.7. The lowest BCUT2D eigenvalue weighted by Crippen LogP contribution is -2.48. The van der Waals surface area contributed by atoms with Gasteiger partial charge >= 0.3 is 0 Å². The first-order valence-electron chi connectivity index (χ1n) is 9.04. The van der Waals surface area contributed by atoms with Gasteiger partial charge < -0.3 is 5.32 Å². The number of hydrogen-bond donors (Lipinski definition) is 1. The zero-order valence-corrected chi connectivity index (χ0v) is 16.6. The van der Waals surface area contributed by atoms with E-state index in [1.54, 1.807) is 6.92 Å². The first-order chi connectivity index (χ1) is 12.7. The number of rotatable bonds is 4. The van der Waals surface area contributed by atoms with Gasteiger partial charge in [0, 0.05) is 5.02 Å². The number of nitrogens with zero attached hydrogens (tertiary/aromatic N) is 1. The van der Waals surface area contributed by atoms with E-state index in [0.717, 1.165) is 17.7 Å². The van der Waals surface area contributed by atoms with Gasteiger partial charge in [-0.2, -0.15) is 0 Å². The molecule has 0 aromatic heterocycles. The molecule has 1 heterocycles. The van der Waals surface area contributed by atoms with Gasteiger partial charge in [-0.3, -0.25) is 19.3 Å². The van der Waals surface area contributed by atoms with E-state index in [2.05, 4.69) is 5.32 Å². The normalized spacial score (nSPS) is 24.6. The third kappa shape index (κ3) is 3.69. The number of amides is 3. The SMILES string of the molecule is CC(NC(=O)C(C)N1C(=O)C2CCCCC2C1=O)c1cc(F)c(Cl)cc1Cl. The molecule has 3 amide bonds. The van der Waals surface area contributed by atoms with Gasteiger partial charge in [0.1, 0.15) is 11.9 Å². The molecule has 4 unspecified atom stereocenters. The van der Waals surface area contributed by atoms with E-state index in [0.29, 0.717) is 18.4 Å². The predicted octanol–water partition coefficient (Wildman–Crippen LogP) is 3.87. The molecule has 0 spiro atoms. The van der Waals surface area contributed by atoms with Gasteiger partial charge in [0.25, 0.3) is 0 Å². The van der Waals surface area contributed by atoms with Gasteiger partial charge in [-0.1, -0.05) is 36.0 Å². The van der Waals surface area contributed by atoms with Crippen molar-refractivity contribution in [3.8, 4) is 0 Å². The summed E-state index contributed by atoms with van der Waals surface area (Å²) in [5.41, 5.74) is 0.367. The lowest BCUT2D eigenvalue weighted by Gasteiger charge is -2.25. The summed E-state index contributed by atoms with van der Waals surface area (Å²) >= 11 is 11.8. The summed E-state index contributed by atoms with van der Waals surface area (Å²) in [5, 5.41) is 2.82. The zero-order chi connectivity index (χ0) is 19.9. The molecule has 2 aliphatic rings. The third-order valence-electron chi connectivity index (χ3n) is 5.51. The molecule has 1 N–H and O–H groups in total. The molecule has 1 aliphatic heterocycles. The maximum atomic E-state index is 13.7. The Kier molecular flexibility index (Phi) is 5.77. The predicted molar refractivity (Wildman–Crippen MR) is 99.7 cm³/mol. The molecular weight excluding hydrogens is 394 g/mol. The molecule has 1 aromatic rings. The molecule has 1 saturated carbocycles. The highest BCUT2D eigenvalue weighted by Gasteiger charge is 2.50. The molecule has 2 fully saturated rings. The van der Waals surface area contributed by atoms with Crippen molar-refractivity contribution in [1.82, 2.24) is 10.2 Å². The molecule has 3 rings (SSSR count). The van der Waals surface area contributed by atoms with Crippen molar-refractivity contribution in [2.75, 3.05) is 0 Å². The maximum Gasteiger partial charge on any atom is 0.243 e. The highest BCUT2D eigenvalue weighted by Crippen LogP contribution is 2.39. The van der Waals surface area contributed by atoms with Crippen LogP contribution in [0.4, 0.5) is 4.39 Å². The summed E-state index contributed by atoms with van der Waals surface area (Å²) in [6.45, 7) is 3.17. The summed E-state index contributed by atoms with van der Waals surface area (Å²) in [4.78, 5) is 39.0. The number of hydrogen-bond acceptors (Lipinski definition) is 3. The zero-order valence-electron chi connectivity index (χ0n) is 15.1. The monoisotopic (exact) mass is 414 g/mol. The summed E-state index contributed by atoms with van der Waals surface area (Å²) in [6, 6.07) is 0.891. The number of benzene rings is 1. The van der Waals surface area contributed by atoms with E-state index in [-0.39, 0.29) is 33.7 Å². The number of imide groups is 1. The number of likely N-dealkylation sites (tertiary alicyclic amines) is 1. The Balaban J connectivity index is 1.73. The fraction of sp³-hybridized carbons (Fsp3) is 0.526. The van der Waals surface area contributed by atoms with Crippen LogP contribution in [0.5, 0.6) is 0 Å². The summed E-state index contributed by atoms with van der Waals surface area (Å²) in [6.07, 6.45) is 3.23. The van der Waals surface area contributed by atoms with Crippen molar-refractivity contribution in [3.05, 3.63) is 33.6 Å². The van der Waals surface area contributed by atoms with Crippen molar-refractivity contribution < 1.29 is 18.8 Å². The van der Waals surface area contributed by atoms with Crippen LogP contribution in [-0.2, 0) is 14.4 Å². The van der Waals surface area contributed by atoms with Crippen LogP contribution in [0.25, 0.3) is 0 Å². The van der Waals surface area contributed by atoms with Gasteiger partial charge in [-0.05, 0) is 44.4 Å². The Morgan fingerprint density at radius 2 is 1.67 bits per heavy atom. The molecule has 0 radical (unpaired) electrons. The quantitative estimate of drug-likeness (QED) is 0.600. The summed E-state index contributed by atoms with van der Waals surface area (Å²) in [7, 11) is 0. The second-order valence-corrected chi connectivity index (χ2v) is 8.05. The first kappa shape index (κ1) is 20.1. The smallest absolute Gasteiger partial charge is 0.243 e. The van der Waals surface area contributed by atoms with Crippen LogP contribution in [0, 0.1) is 17.7 Å². The van der Waals surface area contributed by atoms with Crippen LogP contribution in [0.2, 0.25) is 10.0 Å². The van der Waals surface area contributed by atoms with Crippen LogP contribution >= 0.6 is 23.2 Å². The number of halogens is 3. The molecule has 146 valence electrons. The highest BCUT2D eigenvalue weighted by molar-refractivity contribution is 6.35. The lowest BCUT2D eigenvalue weighted by atomic mass is 9.81. The highest BCUT2D eigenvalue weighted by atomic mass is 35.5. The van der Waals surface area contributed by atoms with E-state index >= 15 is 0 Å². The molecule has 4 atom stereocenters. The van der Waals surface area contributed by atoms with E-state index in [1.165, 1.54) is 19.1 Å². The van der Waals surface area contributed by atoms with Crippen molar-refractivity contribution in [1.29, 1.82) is 0 Å². The molecule has 0 bridgehead atoms. The standard InChI is InChI=1S/C19H21Cl2FN2O3/c1-9(13-7-16(22)15(21)8-14(13)20)23-17(25)10(2)24-18(26)11-5-3-4-6-12(11)19(24)27/h7-12H,3-6H2,1-2H3,(H,23,25). The fourth-order valence-corrected chi connectivity index (χ4v) is 4.52. The second kappa shape index (κ2) is 7.76. The minimum atomic E-state index is -0.936. The van der Waals surface area contributed by atoms with Crippen LogP contribution in [0.3, 0.4) is 0 Å². The summed E-state index contributed by atoms with van der Waals surface area (Å²) in [5.74, 6) is -2.28. The molecule has 1 aliphatic carbocycles. The van der Waals surface area contributed by atoms with Gasteiger partial charge in [0.2, 0.25) is 17.7 Å². The largest absolute Gasteiger partial charge is 0.348 e. The van der Waals surface area contributed by atoms with Gasteiger partial charge in [0.15, 0.2) is 0 Å². The second-order valence-electron chi connectivity index (χ2n) is 7.24. The molecular formula is C19H21Cl2FN2O3. The van der Waals surface area contributed by atoms with Crippen LogP contribution < -0.4 is 5.32 Å². The van der Waals surface area contributed by atoms with Crippen molar-refractivity contribution >= 4 is 40.9 Å². The molecule has 8 heteroatoms. The number of carbonyl (C=O) groups excluding carboxylic acids is 3. The first-order valence-corrected chi connectivity index (χ1v) is 9.79. The molecule has 5 nitrogen and oxygen atoms in total. The van der Waals surface area contributed by atoms with Crippen molar-refractivity contribution in [3.63, 3.8) is 0 Å². The molecule has 27 heavy (non-hydrogen) atoms. The Labute approximate surface area is 167 Å². The Bertz CT molecular complexity index is 777. The number of fused-ring (bicyclic) bond motifs is 1. The van der Waals surface area contributed by atoms with E-state index < -0.39 is 23.8 Å². The average Bonchev–Trinajstić information content (AvgIpc) is 2.88. The minimum absolute atomic E-state index is 0.105. The van der Waals surface area contributed by atoms with Crippen LogP contribution in [0.15, 0.2) is 12.1 Å². The number of nitrogens with one attached hydrogen (secondary N) is 1. The van der Waals surface area contributed by atoms with Crippen molar-refractivity contribution in [2.24, 2.45) is 11.8 Å². The topological polar surface area (TPSA) is 66.5 Å². The Morgan fingerprint density at radius 1 is 1.11 bits per heavy atom. The Morgan fingerprint density at radius 3 is 2.22 bits per heavy atom. The fourth-order valence-electron chi connectivity index (χ4n) is 3.97. The van der Waals surface area contributed by atoms with E-state index in [4.69, 9.17) is 23.2 Å². The number of carbonyl (C=O) groups is 3. The minimum Gasteiger partial charge on any atom is -0.348 e. The molecule has 1 aromatic carbocycles. The lowest BCUT2D eigenvalue weighted by molar-refractivity contribution is -0.147. The van der Waals surface area contributed by atoms with Crippen molar-refractivity contribution in [2.45, 2.75) is 51.6 Å². The summed E-state index contributed by atoms with van der Waals surface area (Å²) < 4.78 is 13.7.